The molecule has 1 fully saturated rings. The quantitative estimate of drug-likeness (QED) is 0.794. The lowest BCUT2D eigenvalue weighted by Gasteiger charge is -2.37. The van der Waals surface area contributed by atoms with E-state index in [0.717, 1.165) is 0 Å². The van der Waals surface area contributed by atoms with E-state index in [9.17, 15) is 14.4 Å². The van der Waals surface area contributed by atoms with Gasteiger partial charge in [0.15, 0.2) is 0 Å². The second-order valence-corrected chi connectivity index (χ2v) is 6.65. The number of piperidine rings is 1. The van der Waals surface area contributed by atoms with Crippen LogP contribution in [0.5, 0.6) is 0 Å². The van der Waals surface area contributed by atoms with Crippen LogP contribution < -0.4 is 5.32 Å². The fourth-order valence-electron chi connectivity index (χ4n) is 2.51. The van der Waals surface area contributed by atoms with E-state index >= 15 is 0 Å². The van der Waals surface area contributed by atoms with Gasteiger partial charge in [0.1, 0.15) is 5.60 Å². The van der Waals surface area contributed by atoms with Crippen LogP contribution in [0, 0.1) is 5.92 Å². The van der Waals surface area contributed by atoms with Crippen molar-refractivity contribution in [3.05, 3.63) is 0 Å². The first-order valence-corrected chi connectivity index (χ1v) is 7.42. The molecular weight excluding hydrogens is 288 g/mol. The maximum absolute atomic E-state index is 11.9. The summed E-state index contributed by atoms with van der Waals surface area (Å²) in [5.41, 5.74) is -0.579. The van der Waals surface area contributed by atoms with Crippen molar-refractivity contribution in [3.63, 3.8) is 0 Å². The van der Waals surface area contributed by atoms with Gasteiger partial charge in [-0.05, 0) is 33.1 Å². The molecule has 126 valence electrons. The van der Waals surface area contributed by atoms with Crippen LogP contribution in [0.25, 0.3) is 0 Å². The van der Waals surface area contributed by atoms with Gasteiger partial charge in [-0.2, -0.15) is 0 Å². The molecule has 0 aliphatic carbocycles. The largest absolute Gasteiger partial charge is 0.469 e. The van der Waals surface area contributed by atoms with Gasteiger partial charge in [-0.25, -0.2) is 4.79 Å². The smallest absolute Gasteiger partial charge is 0.407 e. The fourth-order valence-corrected chi connectivity index (χ4v) is 2.51. The van der Waals surface area contributed by atoms with Gasteiger partial charge in [0.05, 0.1) is 19.6 Å². The maximum Gasteiger partial charge on any atom is 0.407 e. The maximum atomic E-state index is 11.9. The number of ether oxygens (including phenoxy) is 2. The van der Waals surface area contributed by atoms with Gasteiger partial charge in [-0.15, -0.1) is 0 Å². The molecule has 2 atom stereocenters. The Labute approximate surface area is 131 Å². The summed E-state index contributed by atoms with van der Waals surface area (Å²) in [5.74, 6) is -0.429. The molecule has 1 aliphatic rings. The van der Waals surface area contributed by atoms with Crippen molar-refractivity contribution in [2.75, 3.05) is 20.2 Å². The minimum Gasteiger partial charge on any atom is -0.469 e. The van der Waals surface area contributed by atoms with E-state index in [-0.39, 0.29) is 30.3 Å². The van der Waals surface area contributed by atoms with E-state index in [1.807, 2.05) is 0 Å². The first-order valence-electron chi connectivity index (χ1n) is 7.42. The Morgan fingerprint density at radius 2 is 1.86 bits per heavy atom. The third-order valence-electron chi connectivity index (χ3n) is 3.39. The first-order chi connectivity index (χ1) is 10.1. The fraction of sp³-hybridized carbons (Fsp3) is 0.800. The molecule has 0 aromatic heterocycles. The minimum absolute atomic E-state index is 0.0370. The van der Waals surface area contributed by atoms with Crippen LogP contribution in [0.2, 0.25) is 0 Å². The summed E-state index contributed by atoms with van der Waals surface area (Å²) in [5, 5.41) is 2.77. The topological polar surface area (TPSA) is 84.9 Å². The van der Waals surface area contributed by atoms with Gasteiger partial charge in [0.2, 0.25) is 5.91 Å². The SMILES string of the molecule is COC(=O)CC1CC(NC(=O)OC(C)(C)C)CN(C(C)=O)C1. The van der Waals surface area contributed by atoms with Crippen LogP contribution in [0.3, 0.4) is 0 Å². The molecule has 1 aliphatic heterocycles. The van der Waals surface area contributed by atoms with Crippen LogP contribution in [0.4, 0.5) is 4.79 Å². The van der Waals surface area contributed by atoms with Crippen molar-refractivity contribution in [1.29, 1.82) is 0 Å². The van der Waals surface area contributed by atoms with Crippen molar-refractivity contribution in [3.8, 4) is 0 Å². The molecule has 1 N–H and O–H groups in total. The number of rotatable bonds is 3. The van der Waals surface area contributed by atoms with E-state index in [1.54, 1.807) is 25.7 Å². The number of nitrogens with zero attached hydrogens (tertiary/aromatic N) is 1. The third kappa shape index (κ3) is 6.32. The Balaban J connectivity index is 2.66. The van der Waals surface area contributed by atoms with Crippen LogP contribution in [0.15, 0.2) is 0 Å². The highest BCUT2D eigenvalue weighted by Crippen LogP contribution is 2.21. The lowest BCUT2D eigenvalue weighted by Crippen LogP contribution is -2.53. The number of nitrogens with one attached hydrogen (secondary N) is 1. The summed E-state index contributed by atoms with van der Waals surface area (Å²) in [4.78, 5) is 36.6. The van der Waals surface area contributed by atoms with Crippen molar-refractivity contribution >= 4 is 18.0 Å². The molecule has 2 amide bonds. The lowest BCUT2D eigenvalue weighted by atomic mass is 9.91. The highest BCUT2D eigenvalue weighted by atomic mass is 16.6. The average Bonchev–Trinajstić information content (AvgIpc) is 2.35. The first kappa shape index (κ1) is 18.3. The second-order valence-electron chi connectivity index (χ2n) is 6.65. The Morgan fingerprint density at radius 1 is 1.23 bits per heavy atom. The molecule has 0 radical (unpaired) electrons. The standard InChI is InChI=1S/C15H26N2O5/c1-10(18)17-8-11(7-13(19)21-5)6-12(9-17)16-14(20)22-15(2,3)4/h11-12H,6-9H2,1-5H3,(H,16,20). The van der Waals surface area contributed by atoms with Gasteiger partial charge >= 0.3 is 12.1 Å². The average molecular weight is 314 g/mol. The summed E-state index contributed by atoms with van der Waals surface area (Å²) >= 11 is 0. The second kappa shape index (κ2) is 7.47. The molecule has 7 nitrogen and oxygen atoms in total. The zero-order chi connectivity index (χ0) is 16.9. The molecule has 0 saturated carbocycles. The van der Waals surface area contributed by atoms with Gasteiger partial charge in [-0.3, -0.25) is 9.59 Å². The predicted octanol–water partition coefficient (Wildman–Crippen LogP) is 1.31. The predicted molar refractivity (Wildman–Crippen MR) is 80.2 cm³/mol. The highest BCUT2D eigenvalue weighted by Gasteiger charge is 2.31. The van der Waals surface area contributed by atoms with Gasteiger partial charge in [-0.1, -0.05) is 0 Å². The summed E-state index contributed by atoms with van der Waals surface area (Å²) in [6.45, 7) is 7.76. The van der Waals surface area contributed by atoms with Gasteiger partial charge < -0.3 is 19.7 Å². The van der Waals surface area contributed by atoms with E-state index in [4.69, 9.17) is 4.74 Å². The Hall–Kier alpha value is -1.79. The Kier molecular flexibility index (Phi) is 6.20. The normalized spacial score (nSPS) is 22.0. The molecule has 1 heterocycles. The number of hydrogen-bond acceptors (Lipinski definition) is 5. The number of methoxy groups -OCH3 is 1. The Bertz CT molecular complexity index is 430. The van der Waals surface area contributed by atoms with Crippen molar-refractivity contribution in [2.24, 2.45) is 5.92 Å². The van der Waals surface area contributed by atoms with Crippen molar-refractivity contribution < 1.29 is 23.9 Å². The van der Waals surface area contributed by atoms with E-state index in [1.165, 1.54) is 14.0 Å². The summed E-state index contributed by atoms with van der Waals surface area (Å²) < 4.78 is 9.91. The number of alkyl carbamates (subject to hydrolysis) is 1. The van der Waals surface area contributed by atoms with Gasteiger partial charge in [0.25, 0.3) is 0 Å². The van der Waals surface area contributed by atoms with Crippen LogP contribution in [-0.2, 0) is 19.1 Å². The molecule has 1 rings (SSSR count). The van der Waals surface area contributed by atoms with Crippen LogP contribution >= 0.6 is 0 Å². The van der Waals surface area contributed by atoms with Crippen molar-refractivity contribution in [2.45, 2.75) is 52.2 Å². The molecule has 0 aromatic carbocycles. The number of esters is 1. The molecule has 7 heteroatoms. The summed E-state index contributed by atoms with van der Waals surface area (Å²) in [6.07, 6.45) is 0.324. The molecule has 0 aromatic rings. The number of amides is 2. The van der Waals surface area contributed by atoms with E-state index < -0.39 is 11.7 Å². The summed E-state index contributed by atoms with van der Waals surface area (Å²) in [6, 6.07) is -0.234. The number of likely N-dealkylation sites (tertiary alicyclic amines) is 1. The van der Waals surface area contributed by atoms with Gasteiger partial charge in [0, 0.05) is 20.0 Å². The molecule has 1 saturated heterocycles. The molecule has 22 heavy (non-hydrogen) atoms. The zero-order valence-electron chi connectivity index (χ0n) is 14.0. The monoisotopic (exact) mass is 314 g/mol. The number of carbonyl (C=O) groups is 3. The minimum atomic E-state index is -0.579. The third-order valence-corrected chi connectivity index (χ3v) is 3.39. The van der Waals surface area contributed by atoms with Crippen molar-refractivity contribution in [1.82, 2.24) is 10.2 Å². The molecular formula is C15H26N2O5. The molecule has 2 unspecified atom stereocenters. The zero-order valence-corrected chi connectivity index (χ0v) is 14.0. The Morgan fingerprint density at radius 3 is 2.36 bits per heavy atom. The molecule has 0 bridgehead atoms. The highest BCUT2D eigenvalue weighted by molar-refractivity contribution is 5.74. The lowest BCUT2D eigenvalue weighted by molar-refractivity contribution is -0.143. The number of hydrogen-bond donors (Lipinski definition) is 1. The van der Waals surface area contributed by atoms with E-state index in [2.05, 4.69) is 10.1 Å². The van der Waals surface area contributed by atoms with Crippen LogP contribution in [0.1, 0.15) is 40.5 Å². The summed E-state index contributed by atoms with van der Waals surface area (Å²) in [7, 11) is 1.34. The number of carbonyl (C=O) groups excluding carboxylic acids is 3. The molecule has 0 spiro atoms. The van der Waals surface area contributed by atoms with Crippen LogP contribution in [-0.4, -0.2) is 54.7 Å². The van der Waals surface area contributed by atoms with E-state index in [0.29, 0.717) is 19.5 Å².